The van der Waals surface area contributed by atoms with Crippen molar-refractivity contribution in [3.8, 4) is 0 Å². The van der Waals surface area contributed by atoms with Crippen LogP contribution in [-0.4, -0.2) is 12.6 Å². The molecule has 19 heavy (non-hydrogen) atoms. The van der Waals surface area contributed by atoms with Gasteiger partial charge in [-0.15, -0.1) is 0 Å². The summed E-state index contributed by atoms with van der Waals surface area (Å²) in [6.07, 6.45) is 8.05. The maximum Gasteiger partial charge on any atom is 0.0478 e. The molecule has 0 spiro atoms. The van der Waals surface area contributed by atoms with Crippen LogP contribution in [0.25, 0.3) is 0 Å². The van der Waals surface area contributed by atoms with Crippen LogP contribution in [0.4, 0.5) is 0 Å². The van der Waals surface area contributed by atoms with Crippen molar-refractivity contribution in [1.29, 1.82) is 0 Å². The van der Waals surface area contributed by atoms with Gasteiger partial charge in [-0.1, -0.05) is 43.5 Å². The van der Waals surface area contributed by atoms with Crippen LogP contribution in [0.5, 0.6) is 0 Å². The van der Waals surface area contributed by atoms with Crippen molar-refractivity contribution in [2.75, 3.05) is 6.54 Å². The quantitative estimate of drug-likeness (QED) is 0.782. The first-order valence-electron chi connectivity index (χ1n) is 7.68. The molecule has 3 rings (SSSR count). The third-order valence-corrected chi connectivity index (χ3v) is 4.68. The van der Waals surface area contributed by atoms with E-state index in [0.29, 0.717) is 18.6 Å². The van der Waals surface area contributed by atoms with Crippen molar-refractivity contribution in [2.45, 2.75) is 56.5 Å². The van der Waals surface area contributed by atoms with Crippen molar-refractivity contribution >= 4 is 0 Å². The largest absolute Gasteiger partial charge is 0.329 e. The van der Waals surface area contributed by atoms with Gasteiger partial charge in [0.15, 0.2) is 0 Å². The molecule has 1 saturated carbocycles. The number of hydrogen-bond donors (Lipinski definition) is 3. The van der Waals surface area contributed by atoms with E-state index in [1.807, 2.05) is 0 Å². The predicted octanol–water partition coefficient (Wildman–Crippen LogP) is 2.60. The van der Waals surface area contributed by atoms with E-state index in [2.05, 4.69) is 35.1 Å². The highest BCUT2D eigenvalue weighted by Crippen LogP contribution is 2.33. The Balaban J connectivity index is 1.65. The fourth-order valence-electron chi connectivity index (χ4n) is 3.43. The van der Waals surface area contributed by atoms with Crippen LogP contribution < -0.4 is 16.6 Å². The Bertz CT molecular complexity index is 395. The fourth-order valence-corrected chi connectivity index (χ4v) is 3.43. The molecule has 0 aromatic heterocycles. The molecule has 1 saturated heterocycles. The second-order valence-corrected chi connectivity index (χ2v) is 6.01. The Hall–Kier alpha value is -0.900. The lowest BCUT2D eigenvalue weighted by Crippen LogP contribution is -2.35. The molecule has 4 N–H and O–H groups in total. The fraction of sp³-hybridized carbons (Fsp3) is 0.625. The Labute approximate surface area is 115 Å². The lowest BCUT2D eigenvalue weighted by molar-refractivity contribution is 0.443. The van der Waals surface area contributed by atoms with Crippen LogP contribution in [-0.2, 0) is 0 Å². The van der Waals surface area contributed by atoms with Crippen LogP contribution in [0.1, 0.15) is 61.6 Å². The van der Waals surface area contributed by atoms with Crippen LogP contribution in [0.3, 0.4) is 0 Å². The minimum absolute atomic E-state index is 0.406. The molecule has 1 aromatic rings. The molecule has 3 nitrogen and oxygen atoms in total. The van der Waals surface area contributed by atoms with E-state index < -0.39 is 0 Å². The highest BCUT2D eigenvalue weighted by molar-refractivity contribution is 5.28. The molecule has 0 bridgehead atoms. The highest BCUT2D eigenvalue weighted by atomic mass is 15.4. The average molecular weight is 259 g/mol. The molecule has 0 radical (unpaired) electrons. The molecule has 1 aliphatic carbocycles. The second-order valence-electron chi connectivity index (χ2n) is 6.01. The smallest absolute Gasteiger partial charge is 0.0478 e. The van der Waals surface area contributed by atoms with Crippen LogP contribution in [0, 0.1) is 0 Å². The van der Waals surface area contributed by atoms with E-state index in [1.165, 1.54) is 43.2 Å². The second kappa shape index (κ2) is 6.04. The summed E-state index contributed by atoms with van der Waals surface area (Å²) >= 11 is 0. The van der Waals surface area contributed by atoms with Crippen molar-refractivity contribution in [3.63, 3.8) is 0 Å². The number of rotatable bonds is 3. The van der Waals surface area contributed by atoms with E-state index in [9.17, 15) is 0 Å². The Morgan fingerprint density at radius 3 is 2.26 bits per heavy atom. The molecule has 1 aromatic carbocycles. The normalized spacial score (nSPS) is 28.7. The summed E-state index contributed by atoms with van der Waals surface area (Å²) in [6.45, 7) is 0.698. The maximum atomic E-state index is 5.69. The lowest BCUT2D eigenvalue weighted by atomic mass is 9.83. The van der Waals surface area contributed by atoms with Gasteiger partial charge in [0, 0.05) is 18.6 Å². The Morgan fingerprint density at radius 1 is 0.947 bits per heavy atom. The zero-order valence-corrected chi connectivity index (χ0v) is 11.6. The highest BCUT2D eigenvalue weighted by Gasteiger charge is 2.24. The van der Waals surface area contributed by atoms with Crippen LogP contribution in [0.15, 0.2) is 24.3 Å². The average Bonchev–Trinajstić information content (AvgIpc) is 2.97. The van der Waals surface area contributed by atoms with Gasteiger partial charge in [0.2, 0.25) is 0 Å². The number of hydrogen-bond acceptors (Lipinski definition) is 3. The Kier molecular flexibility index (Phi) is 4.16. The third kappa shape index (κ3) is 2.99. The van der Waals surface area contributed by atoms with Crippen molar-refractivity contribution < 1.29 is 0 Å². The van der Waals surface area contributed by atoms with Gasteiger partial charge in [-0.2, -0.15) is 0 Å². The standard InChI is InChI=1S/C16H25N3/c17-11-15-10-16(19-18-15)14-8-6-13(7-9-14)12-4-2-1-3-5-12/h6-9,12,15-16,18-19H,1-5,10-11,17H2. The monoisotopic (exact) mass is 259 g/mol. The first-order valence-corrected chi connectivity index (χ1v) is 7.68. The molecular formula is C16H25N3. The van der Waals surface area contributed by atoms with E-state index in [1.54, 1.807) is 0 Å². The van der Waals surface area contributed by atoms with Gasteiger partial charge in [-0.25, -0.2) is 5.43 Å². The summed E-state index contributed by atoms with van der Waals surface area (Å²) in [5.74, 6) is 0.800. The minimum atomic E-state index is 0.406. The van der Waals surface area contributed by atoms with Gasteiger partial charge in [0.25, 0.3) is 0 Å². The molecule has 1 heterocycles. The van der Waals surface area contributed by atoms with Crippen molar-refractivity contribution in [3.05, 3.63) is 35.4 Å². The maximum absolute atomic E-state index is 5.69. The summed E-state index contributed by atoms with van der Waals surface area (Å²) < 4.78 is 0. The molecule has 2 unspecified atom stereocenters. The molecule has 2 atom stereocenters. The van der Waals surface area contributed by atoms with E-state index in [-0.39, 0.29) is 0 Å². The van der Waals surface area contributed by atoms with Crippen LogP contribution in [0.2, 0.25) is 0 Å². The number of benzene rings is 1. The molecule has 2 aliphatic rings. The zero-order chi connectivity index (χ0) is 13.1. The van der Waals surface area contributed by atoms with E-state index in [0.717, 1.165) is 12.3 Å². The van der Waals surface area contributed by atoms with E-state index in [4.69, 9.17) is 5.73 Å². The molecule has 1 aliphatic heterocycles. The molecule has 0 amide bonds. The molecular weight excluding hydrogens is 234 g/mol. The first-order chi connectivity index (χ1) is 9.36. The third-order valence-electron chi connectivity index (χ3n) is 4.68. The van der Waals surface area contributed by atoms with E-state index >= 15 is 0 Å². The minimum Gasteiger partial charge on any atom is -0.329 e. The van der Waals surface area contributed by atoms with Gasteiger partial charge in [-0.3, -0.25) is 5.43 Å². The topological polar surface area (TPSA) is 50.1 Å². The van der Waals surface area contributed by atoms with Crippen LogP contribution >= 0.6 is 0 Å². The summed E-state index contributed by atoms with van der Waals surface area (Å²) in [5, 5.41) is 0. The predicted molar refractivity (Wildman–Crippen MR) is 78.7 cm³/mol. The summed E-state index contributed by atoms with van der Waals surface area (Å²) in [6, 6.07) is 10.1. The van der Waals surface area contributed by atoms with Crippen molar-refractivity contribution in [1.82, 2.24) is 10.9 Å². The van der Waals surface area contributed by atoms with Gasteiger partial charge in [0.1, 0.15) is 0 Å². The number of nitrogens with two attached hydrogens (primary N) is 1. The van der Waals surface area contributed by atoms with Gasteiger partial charge in [0.05, 0.1) is 0 Å². The zero-order valence-electron chi connectivity index (χ0n) is 11.6. The molecule has 2 fully saturated rings. The summed E-state index contributed by atoms with van der Waals surface area (Å²) in [7, 11) is 0. The lowest BCUT2D eigenvalue weighted by Gasteiger charge is -2.22. The number of nitrogens with one attached hydrogen (secondary N) is 2. The van der Waals surface area contributed by atoms with Gasteiger partial charge >= 0.3 is 0 Å². The van der Waals surface area contributed by atoms with Gasteiger partial charge in [-0.05, 0) is 36.3 Å². The molecule has 104 valence electrons. The van der Waals surface area contributed by atoms with Gasteiger partial charge < -0.3 is 5.73 Å². The molecule has 3 heteroatoms. The SMILES string of the molecule is NCC1CC(c2ccc(C3CCCCC3)cc2)NN1. The van der Waals surface area contributed by atoms with Crippen molar-refractivity contribution in [2.24, 2.45) is 5.73 Å². The number of hydrazine groups is 1. The first kappa shape index (κ1) is 13.1. The summed E-state index contributed by atoms with van der Waals surface area (Å²) in [4.78, 5) is 0. The summed E-state index contributed by atoms with van der Waals surface area (Å²) in [5.41, 5.74) is 15.2. The Morgan fingerprint density at radius 2 is 1.63 bits per heavy atom.